The molecule has 12 heteroatoms. The van der Waals surface area contributed by atoms with E-state index in [4.69, 9.17) is 0 Å². The van der Waals surface area contributed by atoms with E-state index in [0.29, 0.717) is 5.56 Å². The molecule has 1 atom stereocenters. The molecule has 1 aromatic carbocycles. The number of quaternary nitrogens is 2. The Bertz CT molecular complexity index is 634. The molecule has 0 amide bonds. The lowest BCUT2D eigenvalue weighted by Gasteiger charge is -2.53. The highest BCUT2D eigenvalue weighted by Gasteiger charge is 2.38. The summed E-state index contributed by atoms with van der Waals surface area (Å²) in [5.74, 6) is -1.45. The maximum absolute atomic E-state index is 11.1. The van der Waals surface area contributed by atoms with E-state index in [1.165, 1.54) is 0 Å². The first-order chi connectivity index (χ1) is 10.9. The van der Waals surface area contributed by atoms with Gasteiger partial charge in [0.1, 0.15) is 11.1 Å². The van der Waals surface area contributed by atoms with Crippen LogP contribution in [0, 0.1) is 0 Å². The number of carbonyl (C=O) groups excluding carboxylic acids is 1. The second kappa shape index (κ2) is 7.86. The molecule has 0 aromatic heterocycles. The van der Waals surface area contributed by atoms with Crippen LogP contribution < -0.4 is 35.7 Å². The van der Waals surface area contributed by atoms with Crippen LogP contribution in [0.4, 0.5) is 0 Å². The van der Waals surface area contributed by atoms with Gasteiger partial charge in [-0.25, -0.2) is 0 Å². The standard InChI is InChI=1S/C12H20N2O8P2/c13-12(23(17,18)19,24(20,21)22)6-7-14-10(11(15)16)8-9-4-2-1-3-5-9/h1-5,10,14H,6-8,13H2,(H,15,16)(H2,17,18,19)(H2,20,21,22)/p-3/t10-/m0/s1. The highest BCUT2D eigenvalue weighted by molar-refractivity contribution is 7.69. The molecule has 0 unspecified atom stereocenters. The number of benzene rings is 1. The Morgan fingerprint density at radius 2 is 1.62 bits per heavy atom. The van der Waals surface area contributed by atoms with Crippen LogP contribution in [0.5, 0.6) is 0 Å². The van der Waals surface area contributed by atoms with E-state index >= 15 is 0 Å². The third kappa shape index (κ3) is 5.20. The molecule has 0 spiro atoms. The molecule has 0 saturated heterocycles. The second-order valence-electron chi connectivity index (χ2n) is 5.37. The van der Waals surface area contributed by atoms with Crippen molar-refractivity contribution in [1.82, 2.24) is 0 Å². The molecule has 0 aliphatic rings. The number of hydrogen-bond acceptors (Lipinski definition) is 8. The van der Waals surface area contributed by atoms with E-state index in [1.54, 1.807) is 30.3 Å². The summed E-state index contributed by atoms with van der Waals surface area (Å²) >= 11 is 0. The Morgan fingerprint density at radius 3 is 2.04 bits per heavy atom. The van der Waals surface area contributed by atoms with Gasteiger partial charge in [-0.3, -0.25) is 0 Å². The van der Waals surface area contributed by atoms with Gasteiger partial charge in [0.25, 0.3) is 0 Å². The summed E-state index contributed by atoms with van der Waals surface area (Å²) in [6.07, 6.45) is -0.883. The summed E-state index contributed by atoms with van der Waals surface area (Å²) in [6.45, 7) is -0.419. The Morgan fingerprint density at radius 1 is 1.12 bits per heavy atom. The van der Waals surface area contributed by atoms with Crippen molar-refractivity contribution >= 4 is 21.2 Å². The van der Waals surface area contributed by atoms with E-state index in [0.717, 1.165) is 5.32 Å². The number of carboxylic acids is 1. The maximum atomic E-state index is 11.1. The molecule has 0 aliphatic carbocycles. The van der Waals surface area contributed by atoms with Gasteiger partial charge < -0.3 is 49.7 Å². The normalized spacial score (nSPS) is 14.4. The lowest BCUT2D eigenvalue weighted by molar-refractivity contribution is -0.687. The van der Waals surface area contributed by atoms with Gasteiger partial charge >= 0.3 is 0 Å². The number of carboxylic acid groups (broad SMARTS) is 1. The summed E-state index contributed by atoms with van der Waals surface area (Å²) in [6, 6.07) is 7.31. The van der Waals surface area contributed by atoms with Gasteiger partial charge in [-0.2, -0.15) is 0 Å². The second-order valence-corrected chi connectivity index (χ2v) is 9.42. The molecule has 1 rings (SSSR count). The minimum absolute atomic E-state index is 0.0339. The van der Waals surface area contributed by atoms with Crippen molar-refractivity contribution in [2.75, 3.05) is 6.54 Å². The summed E-state index contributed by atoms with van der Waals surface area (Å²) in [4.78, 5) is 55.5. The number of nitrogens with two attached hydrogens (primary N) is 1. The molecule has 24 heavy (non-hydrogen) atoms. The van der Waals surface area contributed by atoms with E-state index in [-0.39, 0.29) is 6.42 Å². The minimum Gasteiger partial charge on any atom is -0.806 e. The van der Waals surface area contributed by atoms with Crippen molar-refractivity contribution in [3.8, 4) is 0 Å². The van der Waals surface area contributed by atoms with Crippen LogP contribution in [-0.2, 0) is 20.3 Å². The molecule has 0 saturated carbocycles. The zero-order valence-electron chi connectivity index (χ0n) is 12.5. The molecule has 1 aromatic rings. The molecular weight excluding hydrogens is 362 g/mol. The summed E-state index contributed by atoms with van der Waals surface area (Å²) in [5.41, 5.74) is 3.45. The first kappa shape index (κ1) is 21.0. The molecule has 10 nitrogen and oxygen atoms in total. The average molecular weight is 379 g/mol. The van der Waals surface area contributed by atoms with E-state index in [1.807, 2.05) is 0 Å². The van der Waals surface area contributed by atoms with Crippen LogP contribution in [0.1, 0.15) is 12.0 Å². The van der Waals surface area contributed by atoms with Crippen LogP contribution in [0.2, 0.25) is 0 Å². The van der Waals surface area contributed by atoms with Crippen molar-refractivity contribution in [3.05, 3.63) is 35.9 Å². The fraction of sp³-hybridized carbons (Fsp3) is 0.417. The quantitative estimate of drug-likeness (QED) is 0.393. The Hall–Kier alpha value is -1.09. The van der Waals surface area contributed by atoms with Crippen molar-refractivity contribution in [3.63, 3.8) is 0 Å². The van der Waals surface area contributed by atoms with E-state index in [9.17, 15) is 38.6 Å². The minimum atomic E-state index is -5.84. The predicted octanol–water partition coefficient (Wildman–Crippen LogP) is -5.98. The lowest BCUT2D eigenvalue weighted by atomic mass is 10.1. The molecule has 0 aliphatic heterocycles. The SMILES string of the molecule is [NH3+]C(CC[NH2+][C@@H](Cc1ccccc1)C(=O)[O-])(P(=O)([O-])[O-])P(=O)([O-])[O-]. The third-order valence-corrected chi connectivity index (χ3v) is 7.57. The van der Waals surface area contributed by atoms with Crippen molar-refractivity contribution in [2.24, 2.45) is 0 Å². The Kier molecular flexibility index (Phi) is 6.86. The van der Waals surface area contributed by atoms with Crippen LogP contribution >= 0.6 is 15.2 Å². The van der Waals surface area contributed by atoms with Gasteiger partial charge in [-0.05, 0) is 5.56 Å². The molecule has 0 bridgehead atoms. The van der Waals surface area contributed by atoms with Crippen molar-refractivity contribution in [1.29, 1.82) is 0 Å². The first-order valence-corrected chi connectivity index (χ1v) is 9.95. The van der Waals surface area contributed by atoms with Crippen LogP contribution in [0.3, 0.4) is 0 Å². The number of aliphatic carboxylic acids is 1. The average Bonchev–Trinajstić information content (AvgIpc) is 2.44. The van der Waals surface area contributed by atoms with Crippen LogP contribution in [0.25, 0.3) is 0 Å². The van der Waals surface area contributed by atoms with Crippen molar-refractivity contribution in [2.45, 2.75) is 23.9 Å². The molecule has 0 heterocycles. The summed E-state index contributed by atoms with van der Waals surface area (Å²) < 4.78 is 22.2. The van der Waals surface area contributed by atoms with Crippen LogP contribution in [-0.4, -0.2) is 23.6 Å². The number of carbonyl (C=O) groups is 1. The van der Waals surface area contributed by atoms with Gasteiger partial charge in [0.05, 0.1) is 18.9 Å². The molecule has 136 valence electrons. The first-order valence-electron chi connectivity index (χ1n) is 6.86. The number of rotatable bonds is 9. The molecule has 5 N–H and O–H groups in total. The van der Waals surface area contributed by atoms with Gasteiger partial charge in [0.2, 0.25) is 0 Å². The monoisotopic (exact) mass is 379 g/mol. The summed E-state index contributed by atoms with van der Waals surface area (Å²) in [7, 11) is -11.7. The van der Waals surface area contributed by atoms with Gasteiger partial charge in [-0.1, -0.05) is 30.3 Å². The molecule has 0 fully saturated rings. The van der Waals surface area contributed by atoms with Gasteiger partial charge in [-0.15, -0.1) is 0 Å². The van der Waals surface area contributed by atoms with E-state index in [2.05, 4.69) is 5.73 Å². The Balaban J connectivity index is 2.79. The topological polar surface area (TPSA) is 211 Å². The predicted molar refractivity (Wildman–Crippen MR) is 71.2 cm³/mol. The lowest BCUT2D eigenvalue weighted by Crippen LogP contribution is -2.95. The highest BCUT2D eigenvalue weighted by atomic mass is 31.2. The van der Waals surface area contributed by atoms with Gasteiger partial charge in [0.15, 0.2) is 0 Å². The number of hydrogen-bond donors (Lipinski definition) is 2. The highest BCUT2D eigenvalue weighted by Crippen LogP contribution is 2.56. The fourth-order valence-electron chi connectivity index (χ4n) is 2.07. The summed E-state index contributed by atoms with van der Waals surface area (Å²) in [5, 5.41) is 8.99. The fourth-order valence-corrected chi connectivity index (χ4v) is 4.08. The zero-order chi connectivity index (χ0) is 18.6. The van der Waals surface area contributed by atoms with Crippen molar-refractivity contribution < 1.29 is 49.7 Å². The zero-order valence-corrected chi connectivity index (χ0v) is 14.3. The van der Waals surface area contributed by atoms with Crippen LogP contribution in [0.15, 0.2) is 30.3 Å². The molecule has 0 radical (unpaired) electrons. The Labute approximate surface area is 138 Å². The van der Waals surface area contributed by atoms with Gasteiger partial charge in [0, 0.05) is 21.6 Å². The maximum Gasteiger partial charge on any atom is 0.149 e. The third-order valence-electron chi connectivity index (χ3n) is 3.62. The smallest absolute Gasteiger partial charge is 0.149 e. The molecular formula is C12H17N2O8P2-3. The largest absolute Gasteiger partial charge is 0.806 e. The van der Waals surface area contributed by atoms with E-state index < -0.39 is 45.2 Å².